The number of benzene rings is 1. The summed E-state index contributed by atoms with van der Waals surface area (Å²) >= 11 is 0. The van der Waals surface area contributed by atoms with Gasteiger partial charge in [-0.1, -0.05) is 6.07 Å². The second-order valence-corrected chi connectivity index (χ2v) is 3.86. The van der Waals surface area contributed by atoms with Crippen LogP contribution in [0.4, 0.5) is 17.6 Å². The first-order valence-corrected chi connectivity index (χ1v) is 5.51. The second-order valence-electron chi connectivity index (χ2n) is 3.86. The molecule has 106 valence electrons. The SMILES string of the molecule is OCc1cc(-c2ccc(F)c(OC(F)F)c2)cnc1F. The van der Waals surface area contributed by atoms with Crippen LogP contribution in [-0.2, 0) is 6.61 Å². The molecule has 0 saturated heterocycles. The minimum atomic E-state index is -3.15. The van der Waals surface area contributed by atoms with E-state index in [2.05, 4.69) is 9.72 Å². The normalized spacial score (nSPS) is 10.9. The van der Waals surface area contributed by atoms with Crippen LogP contribution in [0.3, 0.4) is 0 Å². The van der Waals surface area contributed by atoms with Gasteiger partial charge in [-0.05, 0) is 23.8 Å². The van der Waals surface area contributed by atoms with Crippen molar-refractivity contribution >= 4 is 0 Å². The Morgan fingerprint density at radius 2 is 1.90 bits per heavy atom. The van der Waals surface area contributed by atoms with Crippen molar-refractivity contribution in [2.75, 3.05) is 0 Å². The van der Waals surface area contributed by atoms with Crippen molar-refractivity contribution in [2.45, 2.75) is 13.2 Å². The van der Waals surface area contributed by atoms with E-state index in [1.807, 2.05) is 0 Å². The van der Waals surface area contributed by atoms with Crippen LogP contribution >= 0.6 is 0 Å². The Labute approximate surface area is 111 Å². The molecule has 3 nitrogen and oxygen atoms in total. The van der Waals surface area contributed by atoms with E-state index in [1.54, 1.807) is 0 Å². The topological polar surface area (TPSA) is 42.4 Å². The third-order valence-electron chi connectivity index (χ3n) is 2.56. The fourth-order valence-electron chi connectivity index (χ4n) is 1.63. The first-order valence-electron chi connectivity index (χ1n) is 5.51. The molecule has 0 bridgehead atoms. The van der Waals surface area contributed by atoms with E-state index in [1.165, 1.54) is 12.1 Å². The molecular weight excluding hydrogens is 278 g/mol. The van der Waals surface area contributed by atoms with Crippen LogP contribution in [-0.4, -0.2) is 16.7 Å². The standard InChI is InChI=1S/C13H9F4NO2/c14-10-2-1-7(4-11(10)20-13(16)17)8-3-9(6-19)12(15)18-5-8/h1-5,13,19H,6H2. The maximum atomic E-state index is 13.3. The van der Waals surface area contributed by atoms with Crippen LogP contribution in [0.25, 0.3) is 11.1 Å². The van der Waals surface area contributed by atoms with Gasteiger partial charge in [0.15, 0.2) is 11.6 Å². The van der Waals surface area contributed by atoms with Gasteiger partial charge in [0.2, 0.25) is 5.95 Å². The van der Waals surface area contributed by atoms with E-state index in [0.717, 1.165) is 18.3 Å². The molecule has 20 heavy (non-hydrogen) atoms. The van der Waals surface area contributed by atoms with Crippen LogP contribution < -0.4 is 4.74 Å². The number of pyridine rings is 1. The van der Waals surface area contributed by atoms with Crippen LogP contribution in [0.15, 0.2) is 30.5 Å². The van der Waals surface area contributed by atoms with Gasteiger partial charge in [-0.15, -0.1) is 0 Å². The summed E-state index contributed by atoms with van der Waals surface area (Å²) in [6.07, 6.45) is 1.15. The molecular formula is C13H9F4NO2. The molecule has 0 fully saturated rings. The maximum Gasteiger partial charge on any atom is 0.387 e. The molecule has 7 heteroatoms. The zero-order chi connectivity index (χ0) is 14.7. The number of nitrogens with zero attached hydrogens (tertiary/aromatic N) is 1. The van der Waals surface area contributed by atoms with Gasteiger partial charge in [-0.3, -0.25) is 0 Å². The lowest BCUT2D eigenvalue weighted by Crippen LogP contribution is -2.03. The van der Waals surface area contributed by atoms with E-state index in [0.29, 0.717) is 11.1 Å². The van der Waals surface area contributed by atoms with Gasteiger partial charge in [0.1, 0.15) is 0 Å². The van der Waals surface area contributed by atoms with Crippen LogP contribution in [0.1, 0.15) is 5.56 Å². The number of hydrogen-bond acceptors (Lipinski definition) is 3. The summed E-state index contributed by atoms with van der Waals surface area (Å²) in [6, 6.07) is 4.61. The van der Waals surface area contributed by atoms with Crippen molar-refractivity contribution in [1.29, 1.82) is 0 Å². The highest BCUT2D eigenvalue weighted by molar-refractivity contribution is 5.65. The lowest BCUT2D eigenvalue weighted by molar-refractivity contribution is -0.0521. The van der Waals surface area contributed by atoms with Crippen molar-refractivity contribution in [3.63, 3.8) is 0 Å². The summed E-state index contributed by atoms with van der Waals surface area (Å²) in [5, 5.41) is 8.94. The minimum absolute atomic E-state index is 0.0526. The molecule has 0 amide bonds. The van der Waals surface area contributed by atoms with Gasteiger partial charge in [-0.2, -0.15) is 13.2 Å². The van der Waals surface area contributed by atoms with E-state index in [4.69, 9.17) is 5.11 Å². The highest BCUT2D eigenvalue weighted by atomic mass is 19.3. The molecule has 0 radical (unpaired) electrons. The molecule has 1 aromatic heterocycles. The van der Waals surface area contributed by atoms with Gasteiger partial charge in [0, 0.05) is 17.3 Å². The Morgan fingerprint density at radius 1 is 1.15 bits per heavy atom. The Bertz CT molecular complexity index is 619. The van der Waals surface area contributed by atoms with Crippen molar-refractivity contribution < 1.29 is 27.4 Å². The molecule has 1 aromatic carbocycles. The fraction of sp³-hybridized carbons (Fsp3) is 0.154. The molecule has 0 aliphatic heterocycles. The Kier molecular flexibility index (Phi) is 4.19. The molecule has 1 heterocycles. The number of aliphatic hydroxyl groups excluding tert-OH is 1. The number of halogens is 4. The van der Waals surface area contributed by atoms with Crippen molar-refractivity contribution in [2.24, 2.45) is 0 Å². The monoisotopic (exact) mass is 287 g/mol. The first-order chi connectivity index (χ1) is 9.51. The zero-order valence-electron chi connectivity index (χ0n) is 9.99. The molecule has 0 aliphatic carbocycles. The summed E-state index contributed by atoms with van der Waals surface area (Å²) in [6.45, 7) is -3.71. The molecule has 2 aromatic rings. The van der Waals surface area contributed by atoms with Crippen LogP contribution in [0, 0.1) is 11.8 Å². The van der Waals surface area contributed by atoms with Crippen LogP contribution in [0.2, 0.25) is 0 Å². The first kappa shape index (κ1) is 14.3. The van der Waals surface area contributed by atoms with Crippen molar-refractivity contribution in [3.8, 4) is 16.9 Å². The highest BCUT2D eigenvalue weighted by Gasteiger charge is 2.12. The summed E-state index contributed by atoms with van der Waals surface area (Å²) in [4.78, 5) is 3.43. The highest BCUT2D eigenvalue weighted by Crippen LogP contribution is 2.28. The molecule has 0 atom stereocenters. The van der Waals surface area contributed by atoms with E-state index in [9.17, 15) is 17.6 Å². The number of alkyl halides is 2. The molecule has 2 rings (SSSR count). The molecule has 0 spiro atoms. The van der Waals surface area contributed by atoms with Gasteiger partial charge in [0.05, 0.1) is 6.61 Å². The Hall–Kier alpha value is -2.15. The Balaban J connectivity index is 2.42. The van der Waals surface area contributed by atoms with E-state index >= 15 is 0 Å². The van der Waals surface area contributed by atoms with Crippen molar-refractivity contribution in [1.82, 2.24) is 4.98 Å². The number of aromatic nitrogens is 1. The quantitative estimate of drug-likeness (QED) is 0.694. The lowest BCUT2D eigenvalue weighted by Gasteiger charge is -2.09. The average molecular weight is 287 g/mol. The predicted octanol–water partition coefficient (Wildman–Crippen LogP) is 3.12. The number of rotatable bonds is 4. The molecule has 1 N–H and O–H groups in total. The van der Waals surface area contributed by atoms with Crippen molar-refractivity contribution in [3.05, 3.63) is 47.8 Å². The maximum absolute atomic E-state index is 13.3. The summed E-state index contributed by atoms with van der Waals surface area (Å²) < 4.78 is 54.7. The molecule has 0 aliphatic rings. The summed E-state index contributed by atoms with van der Waals surface area (Å²) in [5.74, 6) is -2.39. The average Bonchev–Trinajstić information content (AvgIpc) is 2.41. The predicted molar refractivity (Wildman–Crippen MR) is 62.1 cm³/mol. The molecule has 0 unspecified atom stereocenters. The largest absolute Gasteiger partial charge is 0.432 e. The zero-order valence-corrected chi connectivity index (χ0v) is 9.99. The summed E-state index contributed by atoms with van der Waals surface area (Å²) in [5.41, 5.74) is 0.599. The van der Waals surface area contributed by atoms with E-state index in [-0.39, 0.29) is 5.56 Å². The van der Waals surface area contributed by atoms with Gasteiger partial charge in [0.25, 0.3) is 0 Å². The number of ether oxygens (including phenoxy) is 1. The minimum Gasteiger partial charge on any atom is -0.432 e. The third kappa shape index (κ3) is 3.05. The number of aliphatic hydroxyl groups is 1. The van der Waals surface area contributed by atoms with Gasteiger partial charge in [-0.25, -0.2) is 9.37 Å². The smallest absolute Gasteiger partial charge is 0.387 e. The summed E-state index contributed by atoms with van der Waals surface area (Å²) in [7, 11) is 0. The lowest BCUT2D eigenvalue weighted by atomic mass is 10.1. The third-order valence-corrected chi connectivity index (χ3v) is 2.56. The van der Waals surface area contributed by atoms with Gasteiger partial charge < -0.3 is 9.84 Å². The van der Waals surface area contributed by atoms with E-state index < -0.39 is 30.7 Å². The fourth-order valence-corrected chi connectivity index (χ4v) is 1.63. The Morgan fingerprint density at radius 3 is 2.55 bits per heavy atom. The molecule has 0 saturated carbocycles. The second kappa shape index (κ2) is 5.87. The van der Waals surface area contributed by atoms with Crippen LogP contribution in [0.5, 0.6) is 5.75 Å². The van der Waals surface area contributed by atoms with Gasteiger partial charge >= 0.3 is 6.61 Å². The number of hydrogen-bond donors (Lipinski definition) is 1.